The van der Waals surface area contributed by atoms with E-state index in [1.807, 2.05) is 24.3 Å². The third-order valence-electron chi connectivity index (χ3n) is 6.05. The van der Waals surface area contributed by atoms with Crippen LogP contribution in [0, 0.1) is 13.8 Å². The van der Waals surface area contributed by atoms with Gasteiger partial charge in [0.25, 0.3) is 0 Å². The Morgan fingerprint density at radius 1 is 0.875 bits per heavy atom. The highest BCUT2D eigenvalue weighted by Crippen LogP contribution is 2.30. The van der Waals surface area contributed by atoms with Gasteiger partial charge >= 0.3 is 0 Å². The molecule has 5 heteroatoms. The van der Waals surface area contributed by atoms with Gasteiger partial charge in [0.2, 0.25) is 11.8 Å². The fourth-order valence-corrected chi connectivity index (χ4v) is 4.11. The number of aromatic nitrogens is 3. The van der Waals surface area contributed by atoms with E-state index < -0.39 is 0 Å². The van der Waals surface area contributed by atoms with Gasteiger partial charge < -0.3 is 13.7 Å². The second-order valence-electron chi connectivity index (χ2n) is 8.04. The molecule has 0 N–H and O–H groups in total. The Bertz CT molecular complexity index is 1370. The summed E-state index contributed by atoms with van der Waals surface area (Å²) in [5.74, 6) is 1.97. The molecule has 32 heavy (non-hydrogen) atoms. The molecule has 0 saturated carbocycles. The molecule has 5 aromatic rings. The Balaban J connectivity index is 1.43. The quantitative estimate of drug-likeness (QED) is 0.338. The lowest BCUT2D eigenvalue weighted by atomic mass is 10.1. The SMILES string of the molecule is COc1ccc(Cc2nnc(-c3ccc4c(c3)c(C)c(C)n4Cc3ccccc3)o2)cc1. The molecule has 0 saturated heterocycles. The normalized spacial score (nSPS) is 11.2. The zero-order valence-corrected chi connectivity index (χ0v) is 18.5. The Morgan fingerprint density at radius 2 is 1.66 bits per heavy atom. The summed E-state index contributed by atoms with van der Waals surface area (Å²) < 4.78 is 13.6. The van der Waals surface area contributed by atoms with Crippen molar-refractivity contribution in [1.82, 2.24) is 14.8 Å². The largest absolute Gasteiger partial charge is 0.497 e. The molecular formula is C27H25N3O2. The van der Waals surface area contributed by atoms with Crippen molar-refractivity contribution in [2.75, 3.05) is 7.11 Å². The third-order valence-corrected chi connectivity index (χ3v) is 6.05. The Morgan fingerprint density at radius 3 is 2.41 bits per heavy atom. The van der Waals surface area contributed by atoms with Crippen molar-refractivity contribution in [3.63, 3.8) is 0 Å². The van der Waals surface area contributed by atoms with Gasteiger partial charge in [-0.3, -0.25) is 0 Å². The number of rotatable bonds is 6. The fourth-order valence-electron chi connectivity index (χ4n) is 4.11. The van der Waals surface area contributed by atoms with E-state index in [-0.39, 0.29) is 0 Å². The molecule has 5 rings (SSSR count). The van der Waals surface area contributed by atoms with Crippen LogP contribution in [0.4, 0.5) is 0 Å². The van der Waals surface area contributed by atoms with Crippen molar-refractivity contribution in [3.05, 3.63) is 101 Å². The van der Waals surface area contributed by atoms with Crippen LogP contribution >= 0.6 is 0 Å². The Labute approximate surface area is 187 Å². The van der Waals surface area contributed by atoms with E-state index in [0.717, 1.165) is 23.4 Å². The van der Waals surface area contributed by atoms with Gasteiger partial charge in [0.15, 0.2) is 0 Å². The molecule has 2 aromatic heterocycles. The summed E-state index contributed by atoms with van der Waals surface area (Å²) in [6.45, 7) is 5.20. The van der Waals surface area contributed by atoms with E-state index in [4.69, 9.17) is 9.15 Å². The van der Waals surface area contributed by atoms with Gasteiger partial charge in [-0.2, -0.15) is 0 Å². The van der Waals surface area contributed by atoms with Crippen LogP contribution in [0.15, 0.2) is 77.2 Å². The van der Waals surface area contributed by atoms with Crippen molar-refractivity contribution >= 4 is 10.9 Å². The van der Waals surface area contributed by atoms with Crippen molar-refractivity contribution in [2.24, 2.45) is 0 Å². The monoisotopic (exact) mass is 423 g/mol. The van der Waals surface area contributed by atoms with E-state index in [1.165, 1.54) is 27.7 Å². The molecule has 0 radical (unpaired) electrons. The molecular weight excluding hydrogens is 398 g/mol. The van der Waals surface area contributed by atoms with E-state index >= 15 is 0 Å². The molecule has 0 atom stereocenters. The van der Waals surface area contributed by atoms with Crippen LogP contribution in [0.25, 0.3) is 22.4 Å². The van der Waals surface area contributed by atoms with Crippen molar-refractivity contribution < 1.29 is 9.15 Å². The fraction of sp³-hybridized carbons (Fsp3) is 0.185. The van der Waals surface area contributed by atoms with E-state index in [0.29, 0.717) is 18.2 Å². The molecule has 0 fully saturated rings. The lowest BCUT2D eigenvalue weighted by molar-refractivity contribution is 0.414. The van der Waals surface area contributed by atoms with Gasteiger partial charge in [-0.15, -0.1) is 10.2 Å². The maximum absolute atomic E-state index is 5.99. The lowest BCUT2D eigenvalue weighted by Gasteiger charge is -2.09. The second-order valence-corrected chi connectivity index (χ2v) is 8.04. The molecule has 0 bridgehead atoms. The summed E-state index contributed by atoms with van der Waals surface area (Å²) in [6.07, 6.45) is 0.588. The summed E-state index contributed by atoms with van der Waals surface area (Å²) >= 11 is 0. The van der Waals surface area contributed by atoms with Gasteiger partial charge in [-0.1, -0.05) is 42.5 Å². The molecule has 0 spiro atoms. The zero-order chi connectivity index (χ0) is 22.1. The van der Waals surface area contributed by atoms with E-state index in [9.17, 15) is 0 Å². The first-order chi connectivity index (χ1) is 15.6. The maximum Gasteiger partial charge on any atom is 0.247 e. The average Bonchev–Trinajstić information content (AvgIpc) is 3.39. The smallest absolute Gasteiger partial charge is 0.247 e. The highest BCUT2D eigenvalue weighted by molar-refractivity contribution is 5.88. The number of methoxy groups -OCH3 is 1. The molecule has 0 amide bonds. The minimum atomic E-state index is 0.545. The number of benzene rings is 3. The molecule has 0 aliphatic carbocycles. The van der Waals surface area contributed by atoms with Gasteiger partial charge in [-0.05, 0) is 60.9 Å². The standard InChI is InChI=1S/C27H25N3O2/c1-18-19(2)30(17-21-7-5-4-6-8-21)25-14-11-22(16-24(18)25)27-29-28-26(32-27)15-20-9-12-23(31-3)13-10-20/h4-14,16H,15,17H2,1-3H3. The van der Waals surface area contributed by atoms with Gasteiger partial charge in [0.1, 0.15) is 5.75 Å². The molecule has 0 unspecified atom stereocenters. The van der Waals surface area contributed by atoms with Gasteiger partial charge in [0.05, 0.1) is 13.5 Å². The van der Waals surface area contributed by atoms with Crippen LogP contribution in [-0.2, 0) is 13.0 Å². The number of hydrogen-bond acceptors (Lipinski definition) is 4. The topological polar surface area (TPSA) is 53.1 Å². The van der Waals surface area contributed by atoms with Crippen molar-refractivity contribution in [3.8, 4) is 17.2 Å². The molecule has 5 nitrogen and oxygen atoms in total. The molecule has 0 aliphatic rings. The van der Waals surface area contributed by atoms with Crippen LogP contribution in [0.5, 0.6) is 5.75 Å². The highest BCUT2D eigenvalue weighted by atomic mass is 16.5. The average molecular weight is 424 g/mol. The third kappa shape index (κ3) is 3.78. The van der Waals surface area contributed by atoms with E-state index in [1.54, 1.807) is 7.11 Å². The van der Waals surface area contributed by atoms with Crippen LogP contribution in [0.3, 0.4) is 0 Å². The second kappa shape index (κ2) is 8.35. The lowest BCUT2D eigenvalue weighted by Crippen LogP contribution is -2.01. The predicted molar refractivity (Wildman–Crippen MR) is 126 cm³/mol. The number of aryl methyl sites for hydroxylation is 1. The molecule has 0 aliphatic heterocycles. The molecule has 2 heterocycles. The molecule has 3 aromatic carbocycles. The highest BCUT2D eigenvalue weighted by Gasteiger charge is 2.15. The summed E-state index contributed by atoms with van der Waals surface area (Å²) in [5, 5.41) is 9.77. The number of nitrogens with zero attached hydrogens (tertiary/aromatic N) is 3. The first-order valence-electron chi connectivity index (χ1n) is 10.7. The number of ether oxygens (including phenoxy) is 1. The minimum Gasteiger partial charge on any atom is -0.497 e. The van der Waals surface area contributed by atoms with Gasteiger partial charge in [0, 0.05) is 28.7 Å². The summed E-state index contributed by atoms with van der Waals surface area (Å²) in [4.78, 5) is 0. The number of fused-ring (bicyclic) bond motifs is 1. The first kappa shape index (κ1) is 20.1. The van der Waals surface area contributed by atoms with E-state index in [2.05, 4.69) is 77.1 Å². The zero-order valence-electron chi connectivity index (χ0n) is 18.5. The maximum atomic E-state index is 5.99. The van der Waals surface area contributed by atoms with Crippen molar-refractivity contribution in [2.45, 2.75) is 26.8 Å². The molecule has 160 valence electrons. The van der Waals surface area contributed by atoms with Gasteiger partial charge in [-0.25, -0.2) is 0 Å². The predicted octanol–water partition coefficient (Wildman–Crippen LogP) is 5.96. The summed E-state index contributed by atoms with van der Waals surface area (Å²) in [6, 6.07) is 24.8. The Hall–Kier alpha value is -3.86. The van der Waals surface area contributed by atoms with Crippen molar-refractivity contribution in [1.29, 1.82) is 0 Å². The first-order valence-corrected chi connectivity index (χ1v) is 10.7. The van der Waals surface area contributed by atoms with Crippen LogP contribution in [-0.4, -0.2) is 21.9 Å². The summed E-state index contributed by atoms with van der Waals surface area (Å²) in [7, 11) is 1.66. The van der Waals surface area contributed by atoms with Crippen LogP contribution in [0.2, 0.25) is 0 Å². The van der Waals surface area contributed by atoms with Crippen LogP contribution in [0.1, 0.15) is 28.3 Å². The van der Waals surface area contributed by atoms with Crippen LogP contribution < -0.4 is 4.74 Å². The summed E-state index contributed by atoms with van der Waals surface area (Å²) in [5.41, 5.74) is 7.08. The number of hydrogen-bond donors (Lipinski definition) is 0. The Kier molecular flexibility index (Phi) is 5.23. The minimum absolute atomic E-state index is 0.545.